The number of hydrogen-bond acceptors (Lipinski definition) is 5. The average molecular weight is 391 g/mol. The molecule has 0 radical (unpaired) electrons. The summed E-state index contributed by atoms with van der Waals surface area (Å²) in [6.45, 7) is 0. The molecule has 3 aromatic rings. The van der Waals surface area contributed by atoms with Crippen LogP contribution in [0.1, 0.15) is 17.3 Å². The third-order valence-electron chi connectivity index (χ3n) is 3.69. The van der Waals surface area contributed by atoms with Crippen LogP contribution >= 0.6 is 0 Å². The topological polar surface area (TPSA) is 93.8 Å². The van der Waals surface area contributed by atoms with Crippen LogP contribution in [-0.2, 0) is 11.0 Å². The maximum Gasteiger partial charge on any atom is 0.433 e. The molecule has 0 aliphatic heterocycles. The molecular formula is C18H13F4N5O. The van der Waals surface area contributed by atoms with Gasteiger partial charge in [-0.25, -0.2) is 14.4 Å². The smallest absolute Gasteiger partial charge is 0.368 e. The van der Waals surface area contributed by atoms with Crippen molar-refractivity contribution >= 4 is 11.7 Å². The summed E-state index contributed by atoms with van der Waals surface area (Å²) < 4.78 is 52.9. The molecule has 144 valence electrons. The Balaban J connectivity index is 2.04. The Kier molecular flexibility index (Phi) is 5.21. The maximum atomic E-state index is 13.3. The predicted molar refractivity (Wildman–Crippen MR) is 92.2 cm³/mol. The number of amides is 1. The molecule has 1 atom stereocenters. The molecule has 28 heavy (non-hydrogen) atoms. The molecule has 0 spiro atoms. The number of aromatic nitrogens is 3. The highest BCUT2D eigenvalue weighted by atomic mass is 19.4. The number of rotatable bonds is 5. The number of hydrogen-bond donors (Lipinski definition) is 2. The van der Waals surface area contributed by atoms with Crippen LogP contribution in [0, 0.1) is 5.82 Å². The van der Waals surface area contributed by atoms with Crippen LogP contribution in [0.25, 0.3) is 11.5 Å². The van der Waals surface area contributed by atoms with Crippen LogP contribution in [0.15, 0.2) is 54.7 Å². The van der Waals surface area contributed by atoms with Crippen LogP contribution in [-0.4, -0.2) is 20.9 Å². The second kappa shape index (κ2) is 7.59. The van der Waals surface area contributed by atoms with Crippen molar-refractivity contribution in [2.75, 3.05) is 5.32 Å². The van der Waals surface area contributed by atoms with E-state index in [4.69, 9.17) is 5.73 Å². The molecule has 0 bridgehead atoms. The van der Waals surface area contributed by atoms with Gasteiger partial charge in [-0.3, -0.25) is 9.78 Å². The first-order valence-corrected chi connectivity index (χ1v) is 7.93. The van der Waals surface area contributed by atoms with E-state index in [9.17, 15) is 22.4 Å². The van der Waals surface area contributed by atoms with Gasteiger partial charge in [0.15, 0.2) is 11.5 Å². The quantitative estimate of drug-likeness (QED) is 0.651. The summed E-state index contributed by atoms with van der Waals surface area (Å²) >= 11 is 0. The Morgan fingerprint density at radius 1 is 1.07 bits per heavy atom. The van der Waals surface area contributed by atoms with E-state index in [1.807, 2.05) is 0 Å². The Bertz CT molecular complexity index is 978. The number of nitrogens with two attached hydrogens (primary N) is 1. The minimum atomic E-state index is -4.75. The lowest BCUT2D eigenvalue weighted by atomic mass is 10.1. The average Bonchev–Trinajstić information content (AvgIpc) is 2.66. The van der Waals surface area contributed by atoms with Crippen LogP contribution in [0.4, 0.5) is 23.4 Å². The summed E-state index contributed by atoms with van der Waals surface area (Å²) in [5, 5.41) is 2.56. The van der Waals surface area contributed by atoms with E-state index in [1.54, 1.807) is 12.1 Å². The summed E-state index contributed by atoms with van der Waals surface area (Å²) in [4.78, 5) is 23.3. The normalized spacial score (nSPS) is 12.4. The number of carbonyl (C=O) groups is 1. The van der Waals surface area contributed by atoms with Gasteiger partial charge in [0.2, 0.25) is 5.91 Å². The summed E-state index contributed by atoms with van der Waals surface area (Å²) in [6.07, 6.45) is -3.36. The molecule has 0 aliphatic rings. The highest BCUT2D eigenvalue weighted by molar-refractivity contribution is 5.84. The lowest BCUT2D eigenvalue weighted by Crippen LogP contribution is -2.28. The summed E-state index contributed by atoms with van der Waals surface area (Å²) in [5.41, 5.74) is 4.52. The summed E-state index contributed by atoms with van der Waals surface area (Å²) in [5.74, 6) is -1.97. The van der Waals surface area contributed by atoms with Gasteiger partial charge in [0.1, 0.15) is 23.4 Å². The molecule has 0 fully saturated rings. The molecule has 1 unspecified atom stereocenters. The first-order valence-electron chi connectivity index (χ1n) is 7.93. The molecule has 0 saturated heterocycles. The minimum absolute atomic E-state index is 0.119. The zero-order valence-corrected chi connectivity index (χ0v) is 14.1. The molecular weight excluding hydrogens is 378 g/mol. The van der Waals surface area contributed by atoms with E-state index in [1.165, 1.54) is 24.4 Å². The first-order chi connectivity index (χ1) is 13.2. The number of benzene rings is 1. The van der Waals surface area contributed by atoms with E-state index in [-0.39, 0.29) is 22.9 Å². The second-order valence-electron chi connectivity index (χ2n) is 5.71. The van der Waals surface area contributed by atoms with Gasteiger partial charge >= 0.3 is 6.18 Å². The lowest BCUT2D eigenvalue weighted by Gasteiger charge is -2.18. The molecule has 3 rings (SSSR count). The van der Waals surface area contributed by atoms with Crippen molar-refractivity contribution in [2.45, 2.75) is 12.2 Å². The van der Waals surface area contributed by atoms with Crippen molar-refractivity contribution in [3.8, 4) is 11.5 Å². The van der Waals surface area contributed by atoms with Gasteiger partial charge in [-0.2, -0.15) is 13.2 Å². The van der Waals surface area contributed by atoms with Crippen LogP contribution in [0.5, 0.6) is 0 Å². The number of pyridine rings is 1. The number of alkyl halides is 3. The summed E-state index contributed by atoms with van der Waals surface area (Å²) in [6, 6.07) is 8.84. The van der Waals surface area contributed by atoms with Gasteiger partial charge in [-0.1, -0.05) is 18.2 Å². The van der Waals surface area contributed by atoms with Crippen LogP contribution in [0.2, 0.25) is 0 Å². The van der Waals surface area contributed by atoms with Crippen molar-refractivity contribution in [2.24, 2.45) is 5.73 Å². The first kappa shape index (κ1) is 19.2. The number of nitrogens with zero attached hydrogens (tertiary/aromatic N) is 3. The molecule has 6 nitrogen and oxygen atoms in total. The minimum Gasteiger partial charge on any atom is -0.368 e. The number of anilines is 1. The second-order valence-corrected chi connectivity index (χ2v) is 5.71. The van der Waals surface area contributed by atoms with Crippen molar-refractivity contribution in [3.63, 3.8) is 0 Å². The van der Waals surface area contributed by atoms with E-state index in [0.717, 1.165) is 12.1 Å². The van der Waals surface area contributed by atoms with Crippen molar-refractivity contribution in [3.05, 3.63) is 71.8 Å². The largest absolute Gasteiger partial charge is 0.433 e. The maximum absolute atomic E-state index is 13.3. The standard InChI is InChI=1S/C18H13F4N5O/c19-11-6-4-10(5-7-11)15(16(23)28)26-14-9-13(18(20,21)22)25-17(27-14)12-3-1-2-8-24-12/h1-9,15H,(H2,23,28)(H,25,26,27). The predicted octanol–water partition coefficient (Wildman–Crippen LogP) is 3.34. The third kappa shape index (κ3) is 4.40. The SMILES string of the molecule is NC(=O)C(Nc1cc(C(F)(F)F)nc(-c2ccccn2)n1)c1ccc(F)cc1. The highest BCUT2D eigenvalue weighted by Gasteiger charge is 2.34. The van der Waals surface area contributed by atoms with E-state index in [0.29, 0.717) is 6.07 Å². The molecule has 10 heteroatoms. The monoisotopic (exact) mass is 391 g/mol. The van der Waals surface area contributed by atoms with Crippen molar-refractivity contribution in [1.82, 2.24) is 15.0 Å². The fourth-order valence-electron chi connectivity index (χ4n) is 2.40. The lowest BCUT2D eigenvalue weighted by molar-refractivity contribution is -0.141. The Morgan fingerprint density at radius 2 is 1.79 bits per heavy atom. The van der Waals surface area contributed by atoms with Crippen molar-refractivity contribution in [1.29, 1.82) is 0 Å². The third-order valence-corrected chi connectivity index (χ3v) is 3.69. The number of carbonyl (C=O) groups excluding carboxylic acids is 1. The molecule has 0 aliphatic carbocycles. The molecule has 3 N–H and O–H groups in total. The number of halogens is 4. The molecule has 2 heterocycles. The number of nitrogens with one attached hydrogen (secondary N) is 1. The molecule has 0 saturated carbocycles. The zero-order valence-electron chi connectivity index (χ0n) is 14.1. The highest BCUT2D eigenvalue weighted by Crippen LogP contribution is 2.31. The Morgan fingerprint density at radius 3 is 2.36 bits per heavy atom. The number of primary amides is 1. The van der Waals surface area contributed by atoms with Gasteiger partial charge in [0.05, 0.1) is 0 Å². The zero-order chi connectivity index (χ0) is 20.3. The van der Waals surface area contributed by atoms with Gasteiger partial charge < -0.3 is 11.1 Å². The van der Waals surface area contributed by atoms with E-state index in [2.05, 4.69) is 20.3 Å². The van der Waals surface area contributed by atoms with Crippen molar-refractivity contribution < 1.29 is 22.4 Å². The Hall–Kier alpha value is -3.56. The molecule has 1 amide bonds. The van der Waals surface area contributed by atoms with Crippen LogP contribution in [0.3, 0.4) is 0 Å². The van der Waals surface area contributed by atoms with Crippen LogP contribution < -0.4 is 11.1 Å². The van der Waals surface area contributed by atoms with E-state index >= 15 is 0 Å². The van der Waals surface area contributed by atoms with Gasteiger partial charge in [-0.05, 0) is 29.8 Å². The molecule has 1 aromatic carbocycles. The van der Waals surface area contributed by atoms with Gasteiger partial charge in [0, 0.05) is 12.3 Å². The van der Waals surface area contributed by atoms with E-state index < -0.39 is 29.6 Å². The fraction of sp³-hybridized carbons (Fsp3) is 0.111. The fourth-order valence-corrected chi connectivity index (χ4v) is 2.40. The van der Waals surface area contributed by atoms with Gasteiger partial charge in [-0.15, -0.1) is 0 Å². The Labute approximate surface area is 156 Å². The summed E-state index contributed by atoms with van der Waals surface area (Å²) in [7, 11) is 0. The van der Waals surface area contributed by atoms with Gasteiger partial charge in [0.25, 0.3) is 0 Å². The molecule has 2 aromatic heterocycles.